The van der Waals surface area contributed by atoms with Gasteiger partial charge in [0.05, 0.1) is 17.1 Å². The van der Waals surface area contributed by atoms with E-state index in [1.807, 2.05) is 68.7 Å². The number of hydrogen-bond acceptors (Lipinski definition) is 6. The van der Waals surface area contributed by atoms with Gasteiger partial charge in [0.1, 0.15) is 24.5 Å². The highest BCUT2D eigenvalue weighted by Crippen LogP contribution is 2.31. The molecule has 0 saturated carbocycles. The Balaban J connectivity index is 1.73. The predicted molar refractivity (Wildman–Crippen MR) is 134 cm³/mol. The summed E-state index contributed by atoms with van der Waals surface area (Å²) >= 11 is 6.24. The molecule has 34 heavy (non-hydrogen) atoms. The zero-order chi connectivity index (χ0) is 24.1. The minimum atomic E-state index is -1.08. The van der Waals surface area contributed by atoms with Crippen molar-refractivity contribution in [2.75, 3.05) is 26.0 Å². The Morgan fingerprint density at radius 3 is 2.59 bits per heavy atom. The van der Waals surface area contributed by atoms with Crippen molar-refractivity contribution in [3.05, 3.63) is 94.8 Å². The highest BCUT2D eigenvalue weighted by Gasteiger charge is 2.19. The molecule has 0 aliphatic carbocycles. The van der Waals surface area contributed by atoms with Crippen molar-refractivity contribution in [1.82, 2.24) is 14.9 Å². The SMILES string of the molecule is CN(C)CC(Nc1ncnc2c(C(=O)O)cc(OCc3ccccc3)cc12)c1cccc(Cl)c1. The van der Waals surface area contributed by atoms with Gasteiger partial charge in [-0.1, -0.05) is 54.1 Å². The summed E-state index contributed by atoms with van der Waals surface area (Å²) < 4.78 is 5.94. The van der Waals surface area contributed by atoms with Crippen molar-refractivity contribution in [2.24, 2.45) is 0 Å². The van der Waals surface area contributed by atoms with Crippen LogP contribution in [0.5, 0.6) is 5.75 Å². The standard InChI is InChI=1S/C26H25ClN4O3/c1-31(2)14-23(18-9-6-10-19(27)11-18)30-25-21-12-20(34-15-17-7-4-3-5-8-17)13-22(26(32)33)24(21)28-16-29-25/h3-13,16,23H,14-15H2,1-2H3,(H,32,33)(H,28,29,30). The average molecular weight is 477 g/mol. The van der Waals surface area contributed by atoms with Gasteiger partial charge in [0, 0.05) is 17.0 Å². The Bertz CT molecular complexity index is 1300. The number of nitrogens with one attached hydrogen (secondary N) is 1. The highest BCUT2D eigenvalue weighted by atomic mass is 35.5. The number of anilines is 1. The van der Waals surface area contributed by atoms with E-state index in [1.54, 1.807) is 6.07 Å². The van der Waals surface area contributed by atoms with Crippen LogP contribution in [-0.4, -0.2) is 46.6 Å². The van der Waals surface area contributed by atoms with E-state index in [9.17, 15) is 9.90 Å². The van der Waals surface area contributed by atoms with Gasteiger partial charge in [0.25, 0.3) is 0 Å². The number of aromatic nitrogens is 2. The van der Waals surface area contributed by atoms with Crippen molar-refractivity contribution < 1.29 is 14.6 Å². The second-order valence-electron chi connectivity index (χ2n) is 8.18. The molecule has 0 bridgehead atoms. The van der Waals surface area contributed by atoms with E-state index in [0.717, 1.165) is 11.1 Å². The maximum Gasteiger partial charge on any atom is 0.338 e. The van der Waals surface area contributed by atoms with Crippen LogP contribution in [0.4, 0.5) is 5.82 Å². The van der Waals surface area contributed by atoms with Gasteiger partial charge in [-0.25, -0.2) is 14.8 Å². The molecule has 0 spiro atoms. The second kappa shape index (κ2) is 10.5. The number of likely N-dealkylation sites (N-methyl/N-ethyl adjacent to an activating group) is 1. The molecule has 0 aliphatic heterocycles. The summed E-state index contributed by atoms with van der Waals surface area (Å²) in [6.45, 7) is 0.982. The Labute approximate surface area is 203 Å². The monoisotopic (exact) mass is 476 g/mol. The molecule has 174 valence electrons. The summed E-state index contributed by atoms with van der Waals surface area (Å²) in [6, 6.07) is 20.4. The zero-order valence-corrected chi connectivity index (χ0v) is 19.7. The van der Waals surface area contributed by atoms with E-state index in [0.29, 0.717) is 40.6 Å². The molecular weight excluding hydrogens is 452 g/mol. The first-order valence-corrected chi connectivity index (χ1v) is 11.1. The number of halogens is 1. The van der Waals surface area contributed by atoms with Crippen LogP contribution in [-0.2, 0) is 6.61 Å². The molecule has 3 aromatic carbocycles. The number of carboxylic acids is 1. The molecule has 8 heteroatoms. The number of benzene rings is 3. The van der Waals surface area contributed by atoms with Gasteiger partial charge in [-0.3, -0.25) is 0 Å². The van der Waals surface area contributed by atoms with Gasteiger partial charge in [0.2, 0.25) is 0 Å². The van der Waals surface area contributed by atoms with Crippen molar-refractivity contribution >= 4 is 34.3 Å². The van der Waals surface area contributed by atoms with Crippen LogP contribution in [0.25, 0.3) is 10.9 Å². The topological polar surface area (TPSA) is 87.6 Å². The van der Waals surface area contributed by atoms with E-state index >= 15 is 0 Å². The van der Waals surface area contributed by atoms with Crippen molar-refractivity contribution in [2.45, 2.75) is 12.6 Å². The Hall–Kier alpha value is -3.68. The lowest BCUT2D eigenvalue weighted by Gasteiger charge is -2.24. The first-order chi connectivity index (χ1) is 16.4. The molecule has 0 radical (unpaired) electrons. The van der Waals surface area contributed by atoms with E-state index in [4.69, 9.17) is 16.3 Å². The lowest BCUT2D eigenvalue weighted by atomic mass is 10.1. The summed E-state index contributed by atoms with van der Waals surface area (Å²) in [5.74, 6) is -0.137. The van der Waals surface area contributed by atoms with Crippen LogP contribution >= 0.6 is 11.6 Å². The Morgan fingerprint density at radius 2 is 1.88 bits per heavy atom. The normalized spacial score (nSPS) is 12.0. The van der Waals surface area contributed by atoms with E-state index < -0.39 is 5.97 Å². The molecule has 2 N–H and O–H groups in total. The van der Waals surface area contributed by atoms with Gasteiger partial charge >= 0.3 is 5.97 Å². The molecule has 7 nitrogen and oxygen atoms in total. The predicted octanol–water partition coefficient (Wildman–Crippen LogP) is 5.28. The molecule has 0 aliphatic rings. The summed E-state index contributed by atoms with van der Waals surface area (Å²) in [4.78, 5) is 22.8. The number of nitrogens with zero attached hydrogens (tertiary/aromatic N) is 3. The van der Waals surface area contributed by atoms with E-state index in [2.05, 4.69) is 20.2 Å². The van der Waals surface area contributed by atoms with Gasteiger partial charge < -0.3 is 20.1 Å². The Kier molecular flexibility index (Phi) is 7.25. The molecular formula is C26H25ClN4O3. The van der Waals surface area contributed by atoms with Crippen LogP contribution < -0.4 is 10.1 Å². The number of carbonyl (C=O) groups is 1. The summed E-state index contributed by atoms with van der Waals surface area (Å²) in [7, 11) is 3.96. The second-order valence-corrected chi connectivity index (χ2v) is 8.62. The maximum absolute atomic E-state index is 12.0. The summed E-state index contributed by atoms with van der Waals surface area (Å²) in [5.41, 5.74) is 2.36. The molecule has 4 rings (SSSR count). The highest BCUT2D eigenvalue weighted by molar-refractivity contribution is 6.30. The van der Waals surface area contributed by atoms with Crippen molar-refractivity contribution in [3.8, 4) is 5.75 Å². The first-order valence-electron chi connectivity index (χ1n) is 10.8. The van der Waals surface area contributed by atoms with Gasteiger partial charge in [-0.2, -0.15) is 0 Å². The van der Waals surface area contributed by atoms with Crippen molar-refractivity contribution in [3.63, 3.8) is 0 Å². The summed E-state index contributed by atoms with van der Waals surface area (Å²) in [5, 5.41) is 14.5. The molecule has 1 atom stereocenters. The lowest BCUT2D eigenvalue weighted by molar-refractivity contribution is 0.0698. The fourth-order valence-corrected chi connectivity index (χ4v) is 3.93. The third-order valence-electron chi connectivity index (χ3n) is 5.30. The third-order valence-corrected chi connectivity index (χ3v) is 5.54. The minimum absolute atomic E-state index is 0.0536. The number of hydrogen-bond donors (Lipinski definition) is 2. The summed E-state index contributed by atoms with van der Waals surface area (Å²) in [6.07, 6.45) is 1.37. The van der Waals surface area contributed by atoms with E-state index in [1.165, 1.54) is 12.4 Å². The molecule has 0 fully saturated rings. The van der Waals surface area contributed by atoms with Gasteiger partial charge in [-0.15, -0.1) is 0 Å². The molecule has 0 saturated heterocycles. The quantitative estimate of drug-likeness (QED) is 0.340. The first kappa shape index (κ1) is 23.5. The Morgan fingerprint density at radius 1 is 1.09 bits per heavy atom. The number of ether oxygens (including phenoxy) is 1. The lowest BCUT2D eigenvalue weighted by Crippen LogP contribution is -2.26. The molecule has 1 unspecified atom stereocenters. The smallest absolute Gasteiger partial charge is 0.338 e. The molecule has 4 aromatic rings. The fraction of sp³-hybridized carbons (Fsp3) is 0.192. The van der Waals surface area contributed by atoms with Crippen LogP contribution in [0.2, 0.25) is 5.02 Å². The number of fused-ring (bicyclic) bond motifs is 1. The molecule has 1 aromatic heterocycles. The molecule has 0 amide bonds. The van der Waals surface area contributed by atoms with E-state index in [-0.39, 0.29) is 11.6 Å². The number of aromatic carboxylic acids is 1. The van der Waals surface area contributed by atoms with Gasteiger partial charge in [0.15, 0.2) is 0 Å². The number of rotatable bonds is 9. The van der Waals surface area contributed by atoms with Gasteiger partial charge in [-0.05, 0) is 49.5 Å². The molecule has 1 heterocycles. The van der Waals surface area contributed by atoms with Crippen LogP contribution in [0.15, 0.2) is 73.1 Å². The van der Waals surface area contributed by atoms with Crippen LogP contribution in [0.1, 0.15) is 27.5 Å². The van der Waals surface area contributed by atoms with Crippen molar-refractivity contribution in [1.29, 1.82) is 0 Å². The third kappa shape index (κ3) is 5.62. The average Bonchev–Trinajstić information content (AvgIpc) is 2.82. The van der Waals surface area contributed by atoms with Crippen LogP contribution in [0, 0.1) is 0 Å². The largest absolute Gasteiger partial charge is 0.489 e. The fourth-order valence-electron chi connectivity index (χ4n) is 3.73. The zero-order valence-electron chi connectivity index (χ0n) is 18.9. The van der Waals surface area contributed by atoms with Crippen LogP contribution in [0.3, 0.4) is 0 Å². The number of carboxylic acid groups (broad SMARTS) is 1. The maximum atomic E-state index is 12.0. The minimum Gasteiger partial charge on any atom is -0.489 e.